The molecule has 2 aliphatic carbocycles. The maximum atomic E-state index is 9.52. The van der Waals surface area contributed by atoms with Crippen LogP contribution in [0.5, 0.6) is 0 Å². The van der Waals surface area contributed by atoms with E-state index in [0.717, 1.165) is 12.5 Å². The lowest BCUT2D eigenvalue weighted by atomic mass is 9.87. The molecule has 118 valence electrons. The van der Waals surface area contributed by atoms with Crippen molar-refractivity contribution >= 4 is 0 Å². The van der Waals surface area contributed by atoms with Gasteiger partial charge in [0, 0.05) is 24.7 Å². The number of nitrogens with two attached hydrogens (primary N) is 1. The summed E-state index contributed by atoms with van der Waals surface area (Å²) >= 11 is 0. The molecule has 0 aliphatic heterocycles. The molecule has 2 rings (SSSR count). The van der Waals surface area contributed by atoms with Gasteiger partial charge in [0.1, 0.15) is 0 Å². The van der Waals surface area contributed by atoms with E-state index in [1.54, 1.807) is 0 Å². The van der Waals surface area contributed by atoms with E-state index in [1.165, 1.54) is 64.2 Å². The Kier molecular flexibility index (Phi) is 6.31. The van der Waals surface area contributed by atoms with Gasteiger partial charge in [-0.15, -0.1) is 0 Å². The Morgan fingerprint density at radius 2 is 2.00 bits per heavy atom. The first-order chi connectivity index (χ1) is 9.73. The molecule has 2 fully saturated rings. The van der Waals surface area contributed by atoms with Crippen LogP contribution in [0.4, 0.5) is 0 Å². The summed E-state index contributed by atoms with van der Waals surface area (Å²) in [4.78, 5) is 0. The zero-order valence-corrected chi connectivity index (χ0v) is 13.2. The minimum absolute atomic E-state index is 0.144. The van der Waals surface area contributed by atoms with Crippen molar-refractivity contribution < 1.29 is 5.11 Å². The first kappa shape index (κ1) is 16.3. The van der Waals surface area contributed by atoms with Crippen molar-refractivity contribution in [2.75, 3.05) is 13.2 Å². The molecule has 0 heterocycles. The van der Waals surface area contributed by atoms with Crippen molar-refractivity contribution in [3.8, 4) is 0 Å². The van der Waals surface area contributed by atoms with Gasteiger partial charge in [0.15, 0.2) is 0 Å². The van der Waals surface area contributed by atoms with E-state index in [1.807, 2.05) is 0 Å². The van der Waals surface area contributed by atoms with Gasteiger partial charge in [-0.05, 0) is 43.9 Å². The summed E-state index contributed by atoms with van der Waals surface area (Å²) in [6.07, 6.45) is 12.8. The Hall–Kier alpha value is -0.120. The molecule has 4 N–H and O–H groups in total. The van der Waals surface area contributed by atoms with Crippen molar-refractivity contribution in [2.45, 2.75) is 82.7 Å². The van der Waals surface area contributed by atoms with Crippen molar-refractivity contribution in [3.05, 3.63) is 0 Å². The monoisotopic (exact) mass is 282 g/mol. The van der Waals surface area contributed by atoms with Gasteiger partial charge in [-0.2, -0.15) is 0 Å². The molecule has 0 amide bonds. The fourth-order valence-electron chi connectivity index (χ4n) is 4.42. The molecule has 20 heavy (non-hydrogen) atoms. The Labute approximate surface area is 124 Å². The van der Waals surface area contributed by atoms with E-state index < -0.39 is 0 Å². The normalized spacial score (nSPS) is 38.9. The predicted molar refractivity (Wildman–Crippen MR) is 84.6 cm³/mol. The van der Waals surface area contributed by atoms with Crippen LogP contribution < -0.4 is 11.1 Å². The maximum absolute atomic E-state index is 9.52. The highest BCUT2D eigenvalue weighted by molar-refractivity contribution is 4.97. The van der Waals surface area contributed by atoms with Crippen LogP contribution in [-0.2, 0) is 0 Å². The Balaban J connectivity index is 1.94. The molecule has 3 heteroatoms. The molecular weight excluding hydrogens is 248 g/mol. The van der Waals surface area contributed by atoms with E-state index in [9.17, 15) is 5.11 Å². The van der Waals surface area contributed by atoms with Gasteiger partial charge in [0.05, 0.1) is 0 Å². The summed E-state index contributed by atoms with van der Waals surface area (Å²) in [5.74, 6) is 1.36. The topological polar surface area (TPSA) is 58.3 Å². The Morgan fingerprint density at radius 3 is 2.70 bits per heavy atom. The molecule has 0 radical (unpaired) electrons. The number of hydrogen-bond acceptors (Lipinski definition) is 3. The minimum Gasteiger partial charge on any atom is -0.396 e. The smallest absolute Gasteiger partial charge is 0.0474 e. The first-order valence-corrected chi connectivity index (χ1v) is 8.81. The Morgan fingerprint density at radius 1 is 1.15 bits per heavy atom. The average Bonchev–Trinajstić information content (AvgIpc) is 2.81. The van der Waals surface area contributed by atoms with Crippen molar-refractivity contribution in [1.82, 2.24) is 5.32 Å². The van der Waals surface area contributed by atoms with Gasteiger partial charge in [0.2, 0.25) is 0 Å². The van der Waals surface area contributed by atoms with Crippen LogP contribution >= 0.6 is 0 Å². The molecule has 0 spiro atoms. The van der Waals surface area contributed by atoms with E-state index in [-0.39, 0.29) is 5.54 Å². The molecular formula is C17H34N2O. The number of hydrogen-bond donors (Lipinski definition) is 3. The zero-order chi connectivity index (χ0) is 14.4. The van der Waals surface area contributed by atoms with E-state index in [0.29, 0.717) is 18.6 Å². The van der Waals surface area contributed by atoms with Crippen molar-refractivity contribution in [2.24, 2.45) is 17.6 Å². The summed E-state index contributed by atoms with van der Waals surface area (Å²) in [5.41, 5.74) is 6.31. The van der Waals surface area contributed by atoms with Crippen LogP contribution in [0, 0.1) is 11.8 Å². The highest BCUT2D eigenvalue weighted by Crippen LogP contribution is 2.35. The second-order valence-electron chi connectivity index (χ2n) is 7.19. The highest BCUT2D eigenvalue weighted by atomic mass is 16.3. The molecule has 3 nitrogen and oxygen atoms in total. The molecule has 0 saturated heterocycles. The zero-order valence-electron chi connectivity index (χ0n) is 13.2. The average molecular weight is 282 g/mol. The minimum atomic E-state index is 0.144. The van der Waals surface area contributed by atoms with Gasteiger partial charge in [-0.3, -0.25) is 0 Å². The molecule has 2 aliphatic rings. The summed E-state index contributed by atoms with van der Waals surface area (Å²) in [6.45, 7) is 3.38. The molecule has 0 aromatic rings. The first-order valence-electron chi connectivity index (χ1n) is 8.81. The van der Waals surface area contributed by atoms with Crippen molar-refractivity contribution in [3.63, 3.8) is 0 Å². The highest BCUT2D eigenvalue weighted by Gasteiger charge is 2.37. The van der Waals surface area contributed by atoms with Gasteiger partial charge in [0.25, 0.3) is 0 Å². The summed E-state index contributed by atoms with van der Waals surface area (Å²) < 4.78 is 0. The standard InChI is InChI=1S/C17H34N2O/c1-2-5-14-6-4-10-17(13-18,11-9-14)19-16-8-3-7-15(16)12-20/h14-16,19-20H,2-13,18H2,1H3. The third kappa shape index (κ3) is 3.96. The molecule has 2 saturated carbocycles. The predicted octanol–water partition coefficient (Wildman–Crippen LogP) is 2.81. The number of aliphatic hydroxyl groups excluding tert-OH is 1. The van der Waals surface area contributed by atoms with Gasteiger partial charge in [-0.1, -0.05) is 39.0 Å². The van der Waals surface area contributed by atoms with Crippen LogP contribution in [0.25, 0.3) is 0 Å². The molecule has 0 aromatic heterocycles. The summed E-state index contributed by atoms with van der Waals surface area (Å²) in [6, 6.07) is 0.492. The molecule has 4 unspecified atom stereocenters. The second-order valence-corrected chi connectivity index (χ2v) is 7.19. The number of rotatable bonds is 6. The van der Waals surface area contributed by atoms with Crippen molar-refractivity contribution in [1.29, 1.82) is 0 Å². The lowest BCUT2D eigenvalue weighted by Gasteiger charge is -2.37. The lowest BCUT2D eigenvalue weighted by molar-refractivity contribution is 0.171. The van der Waals surface area contributed by atoms with E-state index >= 15 is 0 Å². The quantitative estimate of drug-likeness (QED) is 0.657. The van der Waals surface area contributed by atoms with Crippen LogP contribution in [0.15, 0.2) is 0 Å². The van der Waals surface area contributed by atoms with Gasteiger partial charge < -0.3 is 16.2 Å². The van der Waals surface area contributed by atoms with Crippen LogP contribution in [0.2, 0.25) is 0 Å². The van der Waals surface area contributed by atoms with Gasteiger partial charge in [-0.25, -0.2) is 0 Å². The third-order valence-corrected chi connectivity index (χ3v) is 5.77. The van der Waals surface area contributed by atoms with Crippen LogP contribution in [0.3, 0.4) is 0 Å². The summed E-state index contributed by atoms with van der Waals surface area (Å²) in [5, 5.41) is 13.4. The largest absolute Gasteiger partial charge is 0.396 e. The van der Waals surface area contributed by atoms with E-state index in [4.69, 9.17) is 5.73 Å². The summed E-state index contributed by atoms with van der Waals surface area (Å²) in [7, 11) is 0. The molecule has 0 aromatic carbocycles. The van der Waals surface area contributed by atoms with Crippen LogP contribution in [0.1, 0.15) is 71.1 Å². The third-order valence-electron chi connectivity index (χ3n) is 5.77. The fourth-order valence-corrected chi connectivity index (χ4v) is 4.42. The second kappa shape index (κ2) is 7.77. The van der Waals surface area contributed by atoms with E-state index in [2.05, 4.69) is 12.2 Å². The van der Waals surface area contributed by atoms with Gasteiger partial charge >= 0.3 is 0 Å². The SMILES string of the molecule is CCCC1CCCC(CN)(NC2CCCC2CO)CC1. The van der Waals surface area contributed by atoms with Crippen LogP contribution in [-0.4, -0.2) is 29.8 Å². The lowest BCUT2D eigenvalue weighted by Crippen LogP contribution is -2.56. The number of nitrogens with one attached hydrogen (secondary N) is 1. The number of aliphatic hydroxyl groups is 1. The molecule has 0 bridgehead atoms. The Bertz CT molecular complexity index is 284. The molecule has 4 atom stereocenters. The fraction of sp³-hybridized carbons (Fsp3) is 1.00. The maximum Gasteiger partial charge on any atom is 0.0474 e.